The lowest BCUT2D eigenvalue weighted by Crippen LogP contribution is -2.04. The molecule has 1 N–H and O–H groups in total. The van der Waals surface area contributed by atoms with Crippen molar-refractivity contribution in [1.29, 1.82) is 0 Å². The standard InChI is InChI=1S/C13H15N3O/c1-2-17-13-12(7-5-9-15-13)16-10-11-6-3-4-8-14-11/h3-9,16H,2,10H2,1H3. The lowest BCUT2D eigenvalue weighted by Gasteiger charge is -2.10. The van der Waals surface area contributed by atoms with E-state index in [1.807, 2.05) is 37.3 Å². The molecule has 2 rings (SSSR count). The fourth-order valence-corrected chi connectivity index (χ4v) is 1.47. The van der Waals surface area contributed by atoms with E-state index in [0.29, 0.717) is 19.0 Å². The number of ether oxygens (including phenoxy) is 1. The van der Waals surface area contributed by atoms with Gasteiger partial charge in [0, 0.05) is 12.4 Å². The van der Waals surface area contributed by atoms with Crippen LogP contribution in [0.2, 0.25) is 0 Å². The van der Waals surface area contributed by atoms with E-state index in [4.69, 9.17) is 4.74 Å². The first kappa shape index (κ1) is 11.4. The fourth-order valence-electron chi connectivity index (χ4n) is 1.47. The number of hydrogen-bond donors (Lipinski definition) is 1. The molecule has 0 atom stereocenters. The highest BCUT2D eigenvalue weighted by molar-refractivity contribution is 5.52. The number of pyridine rings is 2. The third-order valence-corrected chi connectivity index (χ3v) is 2.24. The second kappa shape index (κ2) is 5.84. The van der Waals surface area contributed by atoms with Crippen LogP contribution in [0, 0.1) is 0 Å². The molecule has 0 aliphatic heterocycles. The Morgan fingerprint density at radius 3 is 2.76 bits per heavy atom. The summed E-state index contributed by atoms with van der Waals surface area (Å²) in [5, 5.41) is 3.26. The van der Waals surface area contributed by atoms with Gasteiger partial charge in [0.05, 0.1) is 24.5 Å². The summed E-state index contributed by atoms with van der Waals surface area (Å²) >= 11 is 0. The van der Waals surface area contributed by atoms with Crippen LogP contribution in [0.25, 0.3) is 0 Å². The minimum Gasteiger partial charge on any atom is -0.476 e. The number of hydrogen-bond acceptors (Lipinski definition) is 4. The van der Waals surface area contributed by atoms with Gasteiger partial charge < -0.3 is 10.1 Å². The maximum absolute atomic E-state index is 5.43. The maximum Gasteiger partial charge on any atom is 0.237 e. The molecule has 4 nitrogen and oxygen atoms in total. The molecule has 2 heterocycles. The van der Waals surface area contributed by atoms with E-state index in [9.17, 15) is 0 Å². The second-order valence-electron chi connectivity index (χ2n) is 3.46. The second-order valence-corrected chi connectivity index (χ2v) is 3.46. The fraction of sp³-hybridized carbons (Fsp3) is 0.231. The Kier molecular flexibility index (Phi) is 3.91. The first-order valence-corrected chi connectivity index (χ1v) is 5.61. The van der Waals surface area contributed by atoms with Crippen LogP contribution < -0.4 is 10.1 Å². The predicted molar refractivity (Wildman–Crippen MR) is 67.0 cm³/mol. The number of rotatable bonds is 5. The van der Waals surface area contributed by atoms with Gasteiger partial charge in [-0.05, 0) is 31.2 Å². The predicted octanol–water partition coefficient (Wildman–Crippen LogP) is 2.49. The smallest absolute Gasteiger partial charge is 0.237 e. The van der Waals surface area contributed by atoms with Crippen molar-refractivity contribution in [3.05, 3.63) is 48.4 Å². The molecule has 0 aliphatic rings. The topological polar surface area (TPSA) is 47.0 Å². The van der Waals surface area contributed by atoms with Crippen molar-refractivity contribution < 1.29 is 4.74 Å². The van der Waals surface area contributed by atoms with Gasteiger partial charge in [-0.2, -0.15) is 0 Å². The van der Waals surface area contributed by atoms with Crippen molar-refractivity contribution in [2.75, 3.05) is 11.9 Å². The van der Waals surface area contributed by atoms with Crippen LogP contribution in [0.15, 0.2) is 42.7 Å². The van der Waals surface area contributed by atoms with E-state index < -0.39 is 0 Å². The highest BCUT2D eigenvalue weighted by atomic mass is 16.5. The Morgan fingerprint density at radius 1 is 1.12 bits per heavy atom. The average molecular weight is 229 g/mol. The molecule has 2 aromatic rings. The van der Waals surface area contributed by atoms with E-state index in [1.54, 1.807) is 12.4 Å². The number of aromatic nitrogens is 2. The molecule has 17 heavy (non-hydrogen) atoms. The summed E-state index contributed by atoms with van der Waals surface area (Å²) in [7, 11) is 0. The van der Waals surface area contributed by atoms with Gasteiger partial charge in [-0.15, -0.1) is 0 Å². The molecule has 0 aliphatic carbocycles. The van der Waals surface area contributed by atoms with Gasteiger partial charge in [0.15, 0.2) is 0 Å². The Bertz CT molecular complexity index is 459. The molecule has 0 saturated carbocycles. The van der Waals surface area contributed by atoms with E-state index in [0.717, 1.165) is 11.4 Å². The van der Waals surface area contributed by atoms with E-state index in [1.165, 1.54) is 0 Å². The van der Waals surface area contributed by atoms with Gasteiger partial charge in [-0.1, -0.05) is 6.07 Å². The lowest BCUT2D eigenvalue weighted by atomic mass is 10.3. The van der Waals surface area contributed by atoms with Crippen molar-refractivity contribution in [3.8, 4) is 5.88 Å². The molecule has 2 aromatic heterocycles. The van der Waals surface area contributed by atoms with Crippen LogP contribution >= 0.6 is 0 Å². The molecule has 4 heteroatoms. The normalized spacial score (nSPS) is 9.94. The van der Waals surface area contributed by atoms with Crippen LogP contribution in [0.4, 0.5) is 5.69 Å². The largest absolute Gasteiger partial charge is 0.476 e. The van der Waals surface area contributed by atoms with Crippen LogP contribution in [0.5, 0.6) is 5.88 Å². The minimum absolute atomic E-state index is 0.606. The molecule has 0 fully saturated rings. The van der Waals surface area contributed by atoms with Crippen LogP contribution in [0.1, 0.15) is 12.6 Å². The third kappa shape index (κ3) is 3.17. The third-order valence-electron chi connectivity index (χ3n) is 2.24. The molecule has 0 aromatic carbocycles. The summed E-state index contributed by atoms with van der Waals surface area (Å²) in [6.07, 6.45) is 3.50. The molecule has 88 valence electrons. The average Bonchev–Trinajstić information content (AvgIpc) is 2.39. The van der Waals surface area contributed by atoms with E-state index >= 15 is 0 Å². The molecular formula is C13H15N3O. The Balaban J connectivity index is 2.03. The first-order chi connectivity index (χ1) is 8.40. The zero-order valence-corrected chi connectivity index (χ0v) is 9.76. The monoisotopic (exact) mass is 229 g/mol. The van der Waals surface area contributed by atoms with Crippen molar-refractivity contribution in [1.82, 2.24) is 9.97 Å². The van der Waals surface area contributed by atoms with Crippen LogP contribution in [-0.2, 0) is 6.54 Å². The molecule has 0 saturated heterocycles. The molecular weight excluding hydrogens is 214 g/mol. The molecule has 0 amide bonds. The Labute approximate surface area is 101 Å². The Morgan fingerprint density at radius 2 is 2.00 bits per heavy atom. The summed E-state index contributed by atoms with van der Waals surface area (Å²) in [5.74, 6) is 0.630. The summed E-state index contributed by atoms with van der Waals surface area (Å²) in [6.45, 7) is 3.21. The SMILES string of the molecule is CCOc1ncccc1NCc1ccccn1. The van der Waals surface area contributed by atoms with Gasteiger partial charge in [0.25, 0.3) is 0 Å². The summed E-state index contributed by atoms with van der Waals surface area (Å²) < 4.78 is 5.43. The van der Waals surface area contributed by atoms with Gasteiger partial charge in [-0.3, -0.25) is 4.98 Å². The number of anilines is 1. The van der Waals surface area contributed by atoms with E-state index in [-0.39, 0.29) is 0 Å². The van der Waals surface area contributed by atoms with Gasteiger partial charge in [0.1, 0.15) is 0 Å². The van der Waals surface area contributed by atoms with Crippen molar-refractivity contribution in [2.45, 2.75) is 13.5 Å². The highest BCUT2D eigenvalue weighted by Crippen LogP contribution is 2.20. The quantitative estimate of drug-likeness (QED) is 0.855. The molecule has 0 bridgehead atoms. The minimum atomic E-state index is 0.606. The van der Waals surface area contributed by atoms with E-state index in [2.05, 4.69) is 15.3 Å². The molecule has 0 radical (unpaired) electrons. The summed E-state index contributed by atoms with van der Waals surface area (Å²) in [6, 6.07) is 9.67. The van der Waals surface area contributed by atoms with Gasteiger partial charge >= 0.3 is 0 Å². The van der Waals surface area contributed by atoms with Crippen LogP contribution in [0.3, 0.4) is 0 Å². The number of nitrogens with zero attached hydrogens (tertiary/aromatic N) is 2. The summed E-state index contributed by atoms with van der Waals surface area (Å²) in [4.78, 5) is 8.42. The highest BCUT2D eigenvalue weighted by Gasteiger charge is 2.03. The first-order valence-electron chi connectivity index (χ1n) is 5.61. The van der Waals surface area contributed by atoms with Gasteiger partial charge in [0.2, 0.25) is 5.88 Å². The lowest BCUT2D eigenvalue weighted by molar-refractivity contribution is 0.328. The van der Waals surface area contributed by atoms with Crippen molar-refractivity contribution >= 4 is 5.69 Å². The molecule has 0 spiro atoms. The molecule has 0 unspecified atom stereocenters. The Hall–Kier alpha value is -2.10. The summed E-state index contributed by atoms with van der Waals surface area (Å²) in [5.41, 5.74) is 1.87. The van der Waals surface area contributed by atoms with Crippen molar-refractivity contribution in [3.63, 3.8) is 0 Å². The zero-order chi connectivity index (χ0) is 11.9. The van der Waals surface area contributed by atoms with Crippen LogP contribution in [-0.4, -0.2) is 16.6 Å². The maximum atomic E-state index is 5.43. The van der Waals surface area contributed by atoms with Crippen molar-refractivity contribution in [2.24, 2.45) is 0 Å². The zero-order valence-electron chi connectivity index (χ0n) is 9.76. The van der Waals surface area contributed by atoms with Gasteiger partial charge in [-0.25, -0.2) is 4.98 Å². The number of nitrogens with one attached hydrogen (secondary N) is 1.